The summed E-state index contributed by atoms with van der Waals surface area (Å²) in [7, 11) is -5.03. The molecule has 154 valence electrons. The van der Waals surface area contributed by atoms with Gasteiger partial charge in [-0.1, -0.05) is 0 Å². The number of nitrogens with one attached hydrogen (secondary N) is 1. The fourth-order valence-electron chi connectivity index (χ4n) is 2.99. The zero-order valence-corrected chi connectivity index (χ0v) is 18.3. The largest absolute Gasteiger partial charge is 1.00 e. The standard InChI is InChI=1S/C16H19NO10S.Na/c1-7-4-12(19)26-10-5-8(2-3-9(7)10)25-16-13(17-28(22,23)24)15(21)14(20)11(6-18)27-16;/h2-5,11,13-18,20-21H,6H2,1H3,(H,22,23,24);/q;+1/p-1/t11?,13-,14+,15+,16-;/m0./s1. The third kappa shape index (κ3) is 5.55. The second-order valence-electron chi connectivity index (χ2n) is 6.33. The Bertz CT molecular complexity index is 1030. The quantitative estimate of drug-likeness (QED) is 0.201. The number of hydrogen-bond donors (Lipinski definition) is 4. The van der Waals surface area contributed by atoms with Crippen molar-refractivity contribution >= 4 is 21.3 Å². The molecule has 29 heavy (non-hydrogen) atoms. The summed E-state index contributed by atoms with van der Waals surface area (Å²) in [4.78, 5) is 11.5. The molecule has 1 aromatic carbocycles. The second-order valence-corrected chi connectivity index (χ2v) is 7.47. The zero-order chi connectivity index (χ0) is 20.6. The van der Waals surface area contributed by atoms with Crippen LogP contribution in [0.25, 0.3) is 11.0 Å². The SMILES string of the molecule is Cc1cc(=O)oc2cc(O[C@H]3OC(CO)[C@@H](O)[C@H](O)[C@@H]3NS(=O)(=O)[O-])ccc12.[Na+]. The van der Waals surface area contributed by atoms with E-state index < -0.39 is 53.2 Å². The molecule has 1 aromatic heterocycles. The molecule has 0 aliphatic carbocycles. The van der Waals surface area contributed by atoms with Gasteiger partial charge in [0.2, 0.25) is 6.29 Å². The van der Waals surface area contributed by atoms with Crippen LogP contribution in [-0.4, -0.2) is 65.5 Å². The van der Waals surface area contributed by atoms with Gasteiger partial charge < -0.3 is 33.8 Å². The van der Waals surface area contributed by atoms with Crippen molar-refractivity contribution in [1.29, 1.82) is 0 Å². The van der Waals surface area contributed by atoms with Gasteiger partial charge in [0.15, 0.2) is 10.3 Å². The van der Waals surface area contributed by atoms with Crippen LogP contribution in [0.4, 0.5) is 0 Å². The molecule has 1 aliphatic heterocycles. The molecule has 0 radical (unpaired) electrons. The van der Waals surface area contributed by atoms with Crippen LogP contribution in [0, 0.1) is 6.92 Å². The normalized spacial score (nSPS) is 27.4. The van der Waals surface area contributed by atoms with E-state index in [1.165, 1.54) is 18.2 Å². The van der Waals surface area contributed by atoms with E-state index in [1.807, 2.05) is 0 Å². The second kappa shape index (κ2) is 9.39. The molecular formula is C16H18NNaO10S. The zero-order valence-electron chi connectivity index (χ0n) is 15.5. The summed E-state index contributed by atoms with van der Waals surface area (Å²) in [5, 5.41) is 30.0. The van der Waals surface area contributed by atoms with E-state index in [1.54, 1.807) is 17.7 Å². The molecule has 1 aliphatic rings. The van der Waals surface area contributed by atoms with E-state index in [-0.39, 0.29) is 40.9 Å². The van der Waals surface area contributed by atoms with Crippen molar-refractivity contribution in [3.8, 4) is 5.75 Å². The van der Waals surface area contributed by atoms with Crippen LogP contribution in [0.3, 0.4) is 0 Å². The number of rotatable bonds is 5. The molecule has 0 spiro atoms. The van der Waals surface area contributed by atoms with Gasteiger partial charge in [0, 0.05) is 17.5 Å². The van der Waals surface area contributed by atoms with E-state index >= 15 is 0 Å². The Kier molecular flexibility index (Phi) is 7.84. The van der Waals surface area contributed by atoms with Crippen LogP contribution in [-0.2, 0) is 15.0 Å². The van der Waals surface area contributed by atoms with Crippen LogP contribution in [0.1, 0.15) is 5.56 Å². The molecule has 5 atom stereocenters. The summed E-state index contributed by atoms with van der Waals surface area (Å²) in [6, 6.07) is 4.08. The van der Waals surface area contributed by atoms with Gasteiger partial charge in [-0.05, 0) is 24.6 Å². The fraction of sp³-hybridized carbons (Fsp3) is 0.438. The molecule has 2 aromatic rings. The van der Waals surface area contributed by atoms with Crippen molar-refractivity contribution in [2.75, 3.05) is 6.61 Å². The molecule has 0 saturated carbocycles. The van der Waals surface area contributed by atoms with Gasteiger partial charge >= 0.3 is 35.2 Å². The maximum absolute atomic E-state index is 11.5. The molecule has 13 heteroatoms. The van der Waals surface area contributed by atoms with Gasteiger partial charge in [-0.2, -0.15) is 0 Å². The smallest absolute Gasteiger partial charge is 0.735 e. The molecule has 2 heterocycles. The van der Waals surface area contributed by atoms with Gasteiger partial charge in [-0.15, -0.1) is 0 Å². The summed E-state index contributed by atoms with van der Waals surface area (Å²) in [6.45, 7) is 1.02. The molecule has 4 N–H and O–H groups in total. The Morgan fingerprint density at radius 3 is 2.55 bits per heavy atom. The number of aryl methyl sites for hydroxylation is 1. The summed E-state index contributed by atoms with van der Waals surface area (Å²) < 4.78 is 50.8. The summed E-state index contributed by atoms with van der Waals surface area (Å²) in [6.07, 6.45) is -6.30. The Hall–Kier alpha value is -1.06. The molecule has 0 amide bonds. The molecule has 1 saturated heterocycles. The first-order chi connectivity index (χ1) is 13.1. The number of aliphatic hydroxyl groups excluding tert-OH is 3. The van der Waals surface area contributed by atoms with Crippen molar-refractivity contribution in [2.45, 2.75) is 37.6 Å². The first-order valence-corrected chi connectivity index (χ1v) is 9.56. The van der Waals surface area contributed by atoms with Crippen molar-refractivity contribution < 1.29 is 71.7 Å². The van der Waals surface area contributed by atoms with Crippen molar-refractivity contribution in [2.24, 2.45) is 0 Å². The molecule has 3 rings (SSSR count). The number of ether oxygens (including phenoxy) is 2. The average Bonchev–Trinajstić information content (AvgIpc) is 2.59. The molecular weight excluding hydrogens is 421 g/mol. The number of hydrogen-bond acceptors (Lipinski definition) is 10. The van der Waals surface area contributed by atoms with Crippen LogP contribution in [0.2, 0.25) is 0 Å². The monoisotopic (exact) mass is 439 g/mol. The predicted octanol–water partition coefficient (Wildman–Crippen LogP) is -4.66. The average molecular weight is 439 g/mol. The van der Waals surface area contributed by atoms with Gasteiger partial charge in [0.05, 0.1) is 6.61 Å². The van der Waals surface area contributed by atoms with Crippen molar-refractivity contribution in [3.63, 3.8) is 0 Å². The van der Waals surface area contributed by atoms with Gasteiger partial charge in [0.1, 0.15) is 35.7 Å². The van der Waals surface area contributed by atoms with Gasteiger partial charge in [0.25, 0.3) is 0 Å². The van der Waals surface area contributed by atoms with Crippen LogP contribution in [0.15, 0.2) is 33.5 Å². The van der Waals surface area contributed by atoms with E-state index in [0.29, 0.717) is 10.9 Å². The molecule has 11 nitrogen and oxygen atoms in total. The predicted molar refractivity (Wildman–Crippen MR) is 92.2 cm³/mol. The van der Waals surface area contributed by atoms with E-state index in [2.05, 4.69) is 0 Å². The minimum atomic E-state index is -5.03. The molecule has 0 bridgehead atoms. The molecule has 1 unspecified atom stereocenters. The van der Waals surface area contributed by atoms with Gasteiger partial charge in [-0.25, -0.2) is 17.9 Å². The number of benzene rings is 1. The maximum Gasteiger partial charge on any atom is 1.00 e. The summed E-state index contributed by atoms with van der Waals surface area (Å²) in [5.74, 6) is 0.0710. The Balaban J connectivity index is 0.00000300. The van der Waals surface area contributed by atoms with E-state index in [4.69, 9.17) is 13.9 Å². The summed E-state index contributed by atoms with van der Waals surface area (Å²) in [5.41, 5.74) is 0.285. The third-order valence-corrected chi connectivity index (χ3v) is 4.90. The Labute approximate surface area is 187 Å². The van der Waals surface area contributed by atoms with Gasteiger partial charge in [-0.3, -0.25) is 0 Å². The first-order valence-electron chi connectivity index (χ1n) is 8.16. The van der Waals surface area contributed by atoms with E-state index in [0.717, 1.165) is 0 Å². The molecule has 1 fully saturated rings. The number of aliphatic hydroxyl groups is 3. The van der Waals surface area contributed by atoms with Crippen LogP contribution < -0.4 is 44.6 Å². The number of fused-ring (bicyclic) bond motifs is 1. The van der Waals surface area contributed by atoms with Crippen LogP contribution in [0.5, 0.6) is 5.75 Å². The Morgan fingerprint density at radius 1 is 1.24 bits per heavy atom. The summed E-state index contributed by atoms with van der Waals surface area (Å²) >= 11 is 0. The first kappa shape index (κ1) is 24.2. The minimum Gasteiger partial charge on any atom is -0.735 e. The maximum atomic E-state index is 11.5. The van der Waals surface area contributed by atoms with Crippen LogP contribution >= 0.6 is 0 Å². The minimum absolute atomic E-state index is 0. The Morgan fingerprint density at radius 2 is 1.93 bits per heavy atom. The van der Waals surface area contributed by atoms with Crippen molar-refractivity contribution in [3.05, 3.63) is 40.2 Å². The topological polar surface area (TPSA) is 179 Å². The third-order valence-electron chi connectivity index (χ3n) is 4.34. The fourth-order valence-corrected chi connectivity index (χ4v) is 3.57. The van der Waals surface area contributed by atoms with Crippen molar-refractivity contribution in [1.82, 2.24) is 4.72 Å². The van der Waals surface area contributed by atoms with E-state index in [9.17, 15) is 33.1 Å².